The average molecular weight is 331 g/mol. The summed E-state index contributed by atoms with van der Waals surface area (Å²) in [7, 11) is 0. The minimum absolute atomic E-state index is 0.436. The highest BCUT2D eigenvalue weighted by atomic mass is 127. The van der Waals surface area contributed by atoms with Gasteiger partial charge < -0.3 is 5.32 Å². The Morgan fingerprint density at radius 3 is 2.12 bits per heavy atom. The number of hydrogen-bond donors (Lipinski definition) is 1. The zero-order chi connectivity index (χ0) is 12.1. The highest BCUT2D eigenvalue weighted by molar-refractivity contribution is 14.1. The Balaban J connectivity index is 2.51. The van der Waals surface area contributed by atoms with Gasteiger partial charge >= 0.3 is 0 Å². The standard InChI is InChI=1S/C14H22IN/c1-10(2)9-11(3)16-12(4)13-5-7-14(15)8-6-13/h5-8,10-12,16H,9H2,1-4H3. The molecule has 16 heavy (non-hydrogen) atoms. The van der Waals surface area contributed by atoms with Gasteiger partial charge in [-0.2, -0.15) is 0 Å². The maximum atomic E-state index is 3.64. The predicted molar refractivity (Wildman–Crippen MR) is 79.6 cm³/mol. The Labute approximate surface area is 113 Å². The molecule has 0 spiro atoms. The second-order valence-corrected chi connectivity index (χ2v) is 6.22. The summed E-state index contributed by atoms with van der Waals surface area (Å²) in [5, 5.41) is 3.64. The van der Waals surface area contributed by atoms with E-state index in [1.54, 1.807) is 0 Å². The Bertz CT molecular complexity index is 305. The van der Waals surface area contributed by atoms with Crippen LogP contribution < -0.4 is 5.32 Å². The summed E-state index contributed by atoms with van der Waals surface area (Å²) in [6, 6.07) is 9.77. The number of nitrogens with one attached hydrogen (secondary N) is 1. The maximum Gasteiger partial charge on any atom is 0.0294 e. The lowest BCUT2D eigenvalue weighted by molar-refractivity contribution is 0.407. The van der Waals surface area contributed by atoms with E-state index in [0.717, 1.165) is 5.92 Å². The average Bonchev–Trinajstić information content (AvgIpc) is 2.16. The summed E-state index contributed by atoms with van der Waals surface area (Å²) in [5.41, 5.74) is 1.37. The van der Waals surface area contributed by atoms with Gasteiger partial charge in [0.05, 0.1) is 0 Å². The van der Waals surface area contributed by atoms with Crippen LogP contribution in [0.1, 0.15) is 45.7 Å². The molecule has 1 aromatic carbocycles. The van der Waals surface area contributed by atoms with Gasteiger partial charge in [0, 0.05) is 15.7 Å². The molecule has 2 atom stereocenters. The molecule has 2 heteroatoms. The Kier molecular flexibility index (Phi) is 5.76. The Morgan fingerprint density at radius 1 is 1.06 bits per heavy atom. The van der Waals surface area contributed by atoms with Crippen LogP contribution in [0.2, 0.25) is 0 Å². The van der Waals surface area contributed by atoms with Gasteiger partial charge in [-0.15, -0.1) is 0 Å². The minimum Gasteiger partial charge on any atom is -0.308 e. The van der Waals surface area contributed by atoms with Crippen LogP contribution in [-0.2, 0) is 0 Å². The molecule has 2 unspecified atom stereocenters. The molecule has 1 N–H and O–H groups in total. The second kappa shape index (κ2) is 6.60. The fraction of sp³-hybridized carbons (Fsp3) is 0.571. The lowest BCUT2D eigenvalue weighted by Gasteiger charge is -2.21. The van der Waals surface area contributed by atoms with E-state index in [9.17, 15) is 0 Å². The number of halogens is 1. The molecular weight excluding hydrogens is 309 g/mol. The van der Waals surface area contributed by atoms with Crippen LogP contribution in [0, 0.1) is 9.49 Å². The van der Waals surface area contributed by atoms with Gasteiger partial charge in [-0.1, -0.05) is 26.0 Å². The highest BCUT2D eigenvalue weighted by Crippen LogP contribution is 2.16. The van der Waals surface area contributed by atoms with Gasteiger partial charge in [0.25, 0.3) is 0 Å². The first-order valence-electron chi connectivity index (χ1n) is 6.00. The summed E-state index contributed by atoms with van der Waals surface area (Å²) in [4.78, 5) is 0. The fourth-order valence-corrected chi connectivity index (χ4v) is 2.41. The zero-order valence-corrected chi connectivity index (χ0v) is 12.8. The van der Waals surface area contributed by atoms with Crippen molar-refractivity contribution in [1.82, 2.24) is 5.32 Å². The van der Waals surface area contributed by atoms with E-state index in [4.69, 9.17) is 0 Å². The monoisotopic (exact) mass is 331 g/mol. The van der Waals surface area contributed by atoms with Gasteiger partial charge in [0.1, 0.15) is 0 Å². The van der Waals surface area contributed by atoms with Crippen molar-refractivity contribution in [2.24, 2.45) is 5.92 Å². The van der Waals surface area contributed by atoms with Crippen molar-refractivity contribution in [2.75, 3.05) is 0 Å². The number of hydrogen-bond acceptors (Lipinski definition) is 1. The Hall–Kier alpha value is -0.0900. The molecule has 0 saturated carbocycles. The van der Waals surface area contributed by atoms with Crippen molar-refractivity contribution in [3.8, 4) is 0 Å². The second-order valence-electron chi connectivity index (χ2n) is 4.97. The highest BCUT2D eigenvalue weighted by Gasteiger charge is 2.10. The molecule has 1 nitrogen and oxygen atoms in total. The maximum absolute atomic E-state index is 3.64. The van der Waals surface area contributed by atoms with Gasteiger partial charge in [-0.25, -0.2) is 0 Å². The van der Waals surface area contributed by atoms with E-state index in [0.29, 0.717) is 12.1 Å². The van der Waals surface area contributed by atoms with Crippen LogP contribution in [0.25, 0.3) is 0 Å². The van der Waals surface area contributed by atoms with Gasteiger partial charge in [-0.05, 0) is 66.5 Å². The lowest BCUT2D eigenvalue weighted by atomic mass is 10.0. The normalized spacial score (nSPS) is 15.1. The van der Waals surface area contributed by atoms with Crippen LogP contribution in [0.5, 0.6) is 0 Å². The van der Waals surface area contributed by atoms with Crippen LogP contribution in [0.4, 0.5) is 0 Å². The summed E-state index contributed by atoms with van der Waals surface area (Å²) < 4.78 is 1.30. The van der Waals surface area contributed by atoms with E-state index in [-0.39, 0.29) is 0 Å². The zero-order valence-electron chi connectivity index (χ0n) is 10.6. The van der Waals surface area contributed by atoms with Crippen molar-refractivity contribution in [3.05, 3.63) is 33.4 Å². The van der Waals surface area contributed by atoms with Crippen LogP contribution in [0.3, 0.4) is 0 Å². The SMILES string of the molecule is CC(C)CC(C)NC(C)c1ccc(I)cc1. The molecule has 0 aromatic heterocycles. The molecule has 0 bridgehead atoms. The molecule has 0 aliphatic carbocycles. The van der Waals surface area contributed by atoms with Crippen molar-refractivity contribution < 1.29 is 0 Å². The summed E-state index contributed by atoms with van der Waals surface area (Å²) >= 11 is 2.34. The largest absolute Gasteiger partial charge is 0.308 e. The summed E-state index contributed by atoms with van der Waals surface area (Å²) in [6.07, 6.45) is 1.23. The number of benzene rings is 1. The predicted octanol–water partition coefficient (Wildman–Crippen LogP) is 4.38. The molecule has 1 rings (SSSR count). The van der Waals surface area contributed by atoms with Crippen molar-refractivity contribution >= 4 is 22.6 Å². The van der Waals surface area contributed by atoms with Crippen molar-refractivity contribution in [2.45, 2.75) is 46.2 Å². The quantitative estimate of drug-likeness (QED) is 0.790. The lowest BCUT2D eigenvalue weighted by Crippen LogP contribution is -2.30. The first kappa shape index (κ1) is 14.0. The van der Waals surface area contributed by atoms with E-state index in [1.807, 2.05) is 0 Å². The molecule has 0 fully saturated rings. The molecule has 0 aliphatic heterocycles. The van der Waals surface area contributed by atoms with Crippen molar-refractivity contribution in [1.29, 1.82) is 0 Å². The molecule has 0 heterocycles. The van der Waals surface area contributed by atoms with Crippen LogP contribution in [0.15, 0.2) is 24.3 Å². The molecule has 90 valence electrons. The Morgan fingerprint density at radius 2 is 1.62 bits per heavy atom. The van der Waals surface area contributed by atoms with E-state index < -0.39 is 0 Å². The van der Waals surface area contributed by atoms with Crippen LogP contribution in [-0.4, -0.2) is 6.04 Å². The van der Waals surface area contributed by atoms with Gasteiger partial charge in [0.2, 0.25) is 0 Å². The van der Waals surface area contributed by atoms with Crippen molar-refractivity contribution in [3.63, 3.8) is 0 Å². The van der Waals surface area contributed by atoms with Gasteiger partial charge in [0.15, 0.2) is 0 Å². The first-order valence-corrected chi connectivity index (χ1v) is 7.08. The van der Waals surface area contributed by atoms with E-state index >= 15 is 0 Å². The van der Waals surface area contributed by atoms with E-state index in [2.05, 4.69) is 79.9 Å². The number of rotatable bonds is 5. The van der Waals surface area contributed by atoms with Gasteiger partial charge in [-0.3, -0.25) is 0 Å². The van der Waals surface area contributed by atoms with Crippen LogP contribution >= 0.6 is 22.6 Å². The molecule has 0 amide bonds. The third-order valence-corrected chi connectivity index (χ3v) is 3.45. The molecule has 1 aromatic rings. The third-order valence-electron chi connectivity index (χ3n) is 2.73. The first-order chi connectivity index (χ1) is 7.49. The summed E-state index contributed by atoms with van der Waals surface area (Å²) in [6.45, 7) is 9.05. The smallest absolute Gasteiger partial charge is 0.0294 e. The minimum atomic E-state index is 0.436. The molecule has 0 aliphatic rings. The summed E-state index contributed by atoms with van der Waals surface area (Å²) in [5.74, 6) is 0.756. The van der Waals surface area contributed by atoms with E-state index in [1.165, 1.54) is 15.6 Å². The molecule has 0 saturated heterocycles. The molecule has 0 radical (unpaired) electrons. The molecular formula is C14H22IN. The fourth-order valence-electron chi connectivity index (χ4n) is 2.05. The third kappa shape index (κ3) is 4.83. The topological polar surface area (TPSA) is 12.0 Å².